The fourth-order valence-electron chi connectivity index (χ4n) is 2.92. The summed E-state index contributed by atoms with van der Waals surface area (Å²) in [5.74, 6) is 2.01. The summed E-state index contributed by atoms with van der Waals surface area (Å²) < 4.78 is 5.32. The maximum Gasteiger partial charge on any atom is 0.409 e. The first kappa shape index (κ1) is 18.2. The highest BCUT2D eigenvalue weighted by atomic mass is 16.6. The van der Waals surface area contributed by atoms with Crippen LogP contribution >= 0.6 is 0 Å². The van der Waals surface area contributed by atoms with Crippen LogP contribution in [0.5, 0.6) is 0 Å². The molecule has 0 atom stereocenters. The van der Waals surface area contributed by atoms with Crippen molar-refractivity contribution in [2.24, 2.45) is 5.92 Å². The third-order valence-corrected chi connectivity index (χ3v) is 4.30. The Morgan fingerprint density at radius 2 is 1.81 bits per heavy atom. The molecule has 26 heavy (non-hydrogen) atoms. The molecule has 1 aromatic heterocycles. The summed E-state index contributed by atoms with van der Waals surface area (Å²) >= 11 is 0. The van der Waals surface area contributed by atoms with Gasteiger partial charge in [0.05, 0.1) is 12.3 Å². The van der Waals surface area contributed by atoms with Gasteiger partial charge < -0.3 is 14.5 Å². The van der Waals surface area contributed by atoms with Crippen LogP contribution < -0.4 is 4.90 Å². The Bertz CT molecular complexity index is 741. The van der Waals surface area contributed by atoms with Crippen molar-refractivity contribution in [2.45, 2.75) is 20.8 Å². The van der Waals surface area contributed by atoms with E-state index in [4.69, 9.17) is 4.74 Å². The van der Waals surface area contributed by atoms with Crippen molar-refractivity contribution in [2.75, 3.05) is 37.7 Å². The number of carbonyl (C=O) groups is 1. The van der Waals surface area contributed by atoms with Crippen LogP contribution in [0.15, 0.2) is 36.4 Å². The smallest absolute Gasteiger partial charge is 0.409 e. The minimum Gasteiger partial charge on any atom is -0.449 e. The number of anilines is 1. The number of nitrogens with zero attached hydrogens (tertiary/aromatic N) is 4. The molecule has 0 bridgehead atoms. The molecule has 0 spiro atoms. The van der Waals surface area contributed by atoms with E-state index in [0.29, 0.717) is 25.6 Å². The molecule has 0 radical (unpaired) electrons. The van der Waals surface area contributed by atoms with E-state index in [2.05, 4.69) is 14.9 Å². The Hall–Kier alpha value is -2.63. The Balaban J connectivity index is 1.66. The van der Waals surface area contributed by atoms with Gasteiger partial charge >= 0.3 is 6.09 Å². The fourth-order valence-corrected chi connectivity index (χ4v) is 2.92. The number of aryl methyl sites for hydroxylation is 1. The van der Waals surface area contributed by atoms with Crippen LogP contribution in [0, 0.1) is 12.8 Å². The van der Waals surface area contributed by atoms with E-state index in [1.165, 1.54) is 0 Å². The summed E-state index contributed by atoms with van der Waals surface area (Å²) in [6, 6.07) is 12.1. The molecule has 0 saturated carbocycles. The SMILES string of the molecule is Cc1nc(-c2ccccc2)cc(N2CCN(C(=O)OCC(C)C)CC2)n1. The largest absolute Gasteiger partial charge is 0.449 e. The van der Waals surface area contributed by atoms with Crippen LogP contribution in [0.3, 0.4) is 0 Å². The second-order valence-corrected chi connectivity index (χ2v) is 6.97. The van der Waals surface area contributed by atoms with E-state index in [1.54, 1.807) is 4.90 Å². The van der Waals surface area contributed by atoms with Crippen molar-refractivity contribution in [1.29, 1.82) is 0 Å². The van der Waals surface area contributed by atoms with Gasteiger partial charge in [0.2, 0.25) is 0 Å². The zero-order chi connectivity index (χ0) is 18.5. The molecule has 6 nitrogen and oxygen atoms in total. The average Bonchev–Trinajstić information content (AvgIpc) is 2.66. The molecule has 1 aliphatic rings. The summed E-state index contributed by atoms with van der Waals surface area (Å²) in [7, 11) is 0. The van der Waals surface area contributed by atoms with Gasteiger partial charge in [-0.15, -0.1) is 0 Å². The highest BCUT2D eigenvalue weighted by Crippen LogP contribution is 2.22. The third-order valence-electron chi connectivity index (χ3n) is 4.30. The van der Waals surface area contributed by atoms with Crippen molar-refractivity contribution in [3.05, 3.63) is 42.2 Å². The molecular weight excluding hydrogens is 328 g/mol. The molecule has 6 heteroatoms. The van der Waals surface area contributed by atoms with E-state index in [9.17, 15) is 4.79 Å². The summed E-state index contributed by atoms with van der Waals surface area (Å²) in [5, 5.41) is 0. The van der Waals surface area contributed by atoms with Crippen molar-refractivity contribution in [3.63, 3.8) is 0 Å². The molecule has 2 heterocycles. The summed E-state index contributed by atoms with van der Waals surface area (Å²) in [6.07, 6.45) is -0.220. The highest BCUT2D eigenvalue weighted by Gasteiger charge is 2.23. The third kappa shape index (κ3) is 4.50. The van der Waals surface area contributed by atoms with Crippen molar-refractivity contribution < 1.29 is 9.53 Å². The molecule has 1 aromatic carbocycles. The van der Waals surface area contributed by atoms with E-state index in [0.717, 1.165) is 36.0 Å². The average molecular weight is 354 g/mol. The number of hydrogen-bond donors (Lipinski definition) is 0. The first-order valence-corrected chi connectivity index (χ1v) is 9.10. The van der Waals surface area contributed by atoms with E-state index >= 15 is 0 Å². The molecule has 3 rings (SSSR count). The number of rotatable bonds is 4. The van der Waals surface area contributed by atoms with Crippen LogP contribution in [-0.4, -0.2) is 53.7 Å². The zero-order valence-corrected chi connectivity index (χ0v) is 15.7. The molecule has 138 valence electrons. The van der Waals surface area contributed by atoms with Crippen molar-refractivity contribution in [3.8, 4) is 11.3 Å². The second kappa shape index (κ2) is 8.17. The maximum absolute atomic E-state index is 12.1. The lowest BCUT2D eigenvalue weighted by Gasteiger charge is -2.35. The Labute approximate surface area is 154 Å². The minimum absolute atomic E-state index is 0.220. The first-order chi connectivity index (χ1) is 12.5. The molecule has 2 aromatic rings. The van der Waals surface area contributed by atoms with Crippen molar-refractivity contribution >= 4 is 11.9 Å². The number of benzene rings is 1. The molecule has 0 N–H and O–H groups in total. The second-order valence-electron chi connectivity index (χ2n) is 6.97. The van der Waals surface area contributed by atoms with Crippen molar-refractivity contribution in [1.82, 2.24) is 14.9 Å². The number of ether oxygens (including phenoxy) is 1. The number of amides is 1. The predicted octanol–water partition coefficient (Wildman–Crippen LogP) is 3.37. The number of carbonyl (C=O) groups excluding carboxylic acids is 1. The normalized spacial score (nSPS) is 14.6. The van der Waals surface area contributed by atoms with Gasteiger partial charge in [0.25, 0.3) is 0 Å². The topological polar surface area (TPSA) is 58.6 Å². The number of hydrogen-bond acceptors (Lipinski definition) is 5. The van der Waals surface area contributed by atoms with Gasteiger partial charge in [-0.2, -0.15) is 0 Å². The van der Waals surface area contributed by atoms with E-state index in [-0.39, 0.29) is 6.09 Å². The van der Waals surface area contributed by atoms with Gasteiger partial charge in [0.1, 0.15) is 11.6 Å². The highest BCUT2D eigenvalue weighted by molar-refractivity contribution is 5.68. The number of aromatic nitrogens is 2. The lowest BCUT2D eigenvalue weighted by Crippen LogP contribution is -2.49. The van der Waals surface area contributed by atoms with Crippen LogP contribution in [0.2, 0.25) is 0 Å². The quantitative estimate of drug-likeness (QED) is 0.842. The van der Waals surface area contributed by atoms with Gasteiger partial charge in [-0.3, -0.25) is 0 Å². The van der Waals surface area contributed by atoms with Gasteiger partial charge in [-0.25, -0.2) is 14.8 Å². The molecule has 1 amide bonds. The summed E-state index contributed by atoms with van der Waals surface area (Å²) in [5.41, 5.74) is 2.00. The van der Waals surface area contributed by atoms with Gasteiger partial charge in [0.15, 0.2) is 0 Å². The molecule has 0 aliphatic carbocycles. The van der Waals surface area contributed by atoms with Crippen LogP contribution in [0.1, 0.15) is 19.7 Å². The van der Waals surface area contributed by atoms with Gasteiger partial charge in [-0.1, -0.05) is 44.2 Å². The predicted molar refractivity (Wildman–Crippen MR) is 102 cm³/mol. The lowest BCUT2D eigenvalue weighted by atomic mass is 10.1. The maximum atomic E-state index is 12.1. The Morgan fingerprint density at radius 3 is 2.46 bits per heavy atom. The molecule has 1 fully saturated rings. The van der Waals surface area contributed by atoms with E-state index in [1.807, 2.05) is 57.2 Å². The standard InChI is InChI=1S/C20H26N4O2/c1-15(2)14-26-20(25)24-11-9-23(10-12-24)19-13-18(21-16(3)22-19)17-7-5-4-6-8-17/h4-8,13,15H,9-12,14H2,1-3H3. The van der Waals surface area contributed by atoms with E-state index < -0.39 is 0 Å². The fraction of sp³-hybridized carbons (Fsp3) is 0.450. The van der Waals surface area contributed by atoms with Gasteiger partial charge in [0, 0.05) is 37.8 Å². The zero-order valence-electron chi connectivity index (χ0n) is 15.7. The summed E-state index contributed by atoms with van der Waals surface area (Å²) in [4.78, 5) is 25.2. The molecule has 1 saturated heterocycles. The first-order valence-electron chi connectivity index (χ1n) is 9.10. The number of piperazine rings is 1. The minimum atomic E-state index is -0.220. The molecular formula is C20H26N4O2. The molecule has 1 aliphatic heterocycles. The summed E-state index contributed by atoms with van der Waals surface area (Å²) in [6.45, 7) is 9.20. The monoisotopic (exact) mass is 354 g/mol. The van der Waals surface area contributed by atoms with Crippen LogP contribution in [0.25, 0.3) is 11.3 Å². The Morgan fingerprint density at radius 1 is 1.12 bits per heavy atom. The molecule has 0 unspecified atom stereocenters. The Kier molecular flexibility index (Phi) is 5.71. The van der Waals surface area contributed by atoms with Crippen LogP contribution in [0.4, 0.5) is 10.6 Å². The lowest BCUT2D eigenvalue weighted by molar-refractivity contribution is 0.0901. The van der Waals surface area contributed by atoms with Crippen LogP contribution in [-0.2, 0) is 4.74 Å². The van der Waals surface area contributed by atoms with Gasteiger partial charge in [-0.05, 0) is 12.8 Å².